The Morgan fingerprint density at radius 1 is 0.975 bits per heavy atom. The van der Waals surface area contributed by atoms with Gasteiger partial charge >= 0.3 is 0 Å². The van der Waals surface area contributed by atoms with Crippen LogP contribution in [0.3, 0.4) is 0 Å². The molecule has 3 heterocycles. The molecule has 0 aliphatic carbocycles. The number of phenolic OH excluding ortho intramolecular Hbond substituents is 1. The lowest BCUT2D eigenvalue weighted by molar-refractivity contribution is -0.133. The summed E-state index contributed by atoms with van der Waals surface area (Å²) in [5.74, 6) is 1.57. The number of likely N-dealkylation sites (tertiary alicyclic amines) is 1. The number of aromatic nitrogens is 2. The molecule has 8 heteroatoms. The van der Waals surface area contributed by atoms with E-state index in [1.54, 1.807) is 6.07 Å². The third-order valence-corrected chi connectivity index (χ3v) is 11.9. The van der Waals surface area contributed by atoms with Crippen LogP contribution < -0.4 is 5.32 Å². The first-order valence-electron chi connectivity index (χ1n) is 13.5. The van der Waals surface area contributed by atoms with Crippen LogP contribution in [0.25, 0.3) is 5.82 Å². The van der Waals surface area contributed by atoms with Crippen LogP contribution in [-0.4, -0.2) is 48.8 Å². The summed E-state index contributed by atoms with van der Waals surface area (Å²) in [6.45, 7) is 2.30. The number of carbonyl (C=O) groups excluding carboxylic acids is 1. The van der Waals surface area contributed by atoms with E-state index >= 15 is 0 Å². The minimum Gasteiger partial charge on any atom is -0.507 e. The average molecular weight is 709 g/mol. The molecule has 0 spiro atoms. The van der Waals surface area contributed by atoms with Gasteiger partial charge in [-0.15, -0.1) is 0 Å². The summed E-state index contributed by atoms with van der Waals surface area (Å²) >= 11 is 3.15. The fraction of sp³-hybridized carbons (Fsp3) is 0.219. The van der Waals surface area contributed by atoms with Crippen molar-refractivity contribution in [2.75, 3.05) is 19.6 Å². The van der Waals surface area contributed by atoms with Crippen molar-refractivity contribution in [3.05, 3.63) is 122 Å². The number of hydrogen-bond acceptors (Lipinski definition) is 4. The van der Waals surface area contributed by atoms with Gasteiger partial charge in [0.15, 0.2) is 0 Å². The second kappa shape index (κ2) is 12.1. The number of aromatic hydroxyl groups is 1. The molecule has 40 heavy (non-hydrogen) atoms. The number of allylic oxidation sites excluding steroid dienone is 1. The van der Waals surface area contributed by atoms with Crippen molar-refractivity contribution < 1.29 is 9.90 Å². The summed E-state index contributed by atoms with van der Waals surface area (Å²) in [5.41, 5.74) is 2.95. The zero-order chi connectivity index (χ0) is 27.5. The molecule has 6 rings (SSSR count). The Labute approximate surface area is 252 Å². The fourth-order valence-electron chi connectivity index (χ4n) is 5.36. The maximum atomic E-state index is 13.8. The number of carbonyl (C=O) groups is 1. The summed E-state index contributed by atoms with van der Waals surface area (Å²) in [7, 11) is 0. The molecule has 1 amide bonds. The van der Waals surface area contributed by atoms with Gasteiger partial charge in [0.05, 0.1) is 16.6 Å². The highest BCUT2D eigenvalue weighted by Gasteiger charge is 2.30. The molecule has 6 nitrogen and oxygen atoms in total. The van der Waals surface area contributed by atoms with Crippen LogP contribution in [0.2, 0.25) is 0 Å². The fourth-order valence-corrected chi connectivity index (χ4v) is 8.88. The summed E-state index contributed by atoms with van der Waals surface area (Å²) < 4.78 is 5.31. The maximum Gasteiger partial charge on any atom is 0.234 e. The lowest BCUT2D eigenvalue weighted by atomic mass is 9.88. The molecule has 2 N–H and O–H groups in total. The Morgan fingerprint density at radius 3 is 2.25 bits per heavy atom. The molecule has 1 saturated heterocycles. The van der Waals surface area contributed by atoms with Gasteiger partial charge in [-0.05, 0) is 58.0 Å². The van der Waals surface area contributed by atoms with E-state index in [-0.39, 0.29) is 11.8 Å². The molecule has 204 valence electrons. The number of hydrogen-bond donors (Lipinski definition) is 2. The summed E-state index contributed by atoms with van der Waals surface area (Å²) in [6.07, 6.45) is 5.87. The molecule has 1 aromatic heterocycles. The van der Waals surface area contributed by atoms with Crippen molar-refractivity contribution in [3.63, 3.8) is 0 Å². The number of amides is 1. The number of nitrogens with zero attached hydrogens (tertiary/aromatic N) is 3. The quantitative estimate of drug-likeness (QED) is 0.225. The first-order chi connectivity index (χ1) is 19.6. The van der Waals surface area contributed by atoms with Crippen molar-refractivity contribution in [2.24, 2.45) is 5.92 Å². The van der Waals surface area contributed by atoms with Crippen LogP contribution in [-0.2, 0) is 4.79 Å². The Balaban J connectivity index is 1.13. The van der Waals surface area contributed by atoms with Gasteiger partial charge in [0, 0.05) is 28.7 Å². The predicted octanol–water partition coefficient (Wildman–Crippen LogP) is 6.18. The van der Waals surface area contributed by atoms with Gasteiger partial charge in [-0.2, -0.15) is 5.10 Å². The van der Waals surface area contributed by atoms with Crippen LogP contribution in [0.15, 0.2) is 102 Å². The van der Waals surface area contributed by atoms with Crippen LogP contribution in [0.5, 0.6) is 5.75 Å². The molecule has 0 bridgehead atoms. The van der Waals surface area contributed by atoms with Crippen molar-refractivity contribution in [1.29, 1.82) is 0 Å². The number of piperidine rings is 1. The zero-order valence-electron chi connectivity index (χ0n) is 21.9. The lowest BCUT2D eigenvalue weighted by Crippen LogP contribution is -2.43. The third-order valence-electron chi connectivity index (χ3n) is 7.52. The molecule has 2 aliphatic rings. The average Bonchev–Trinajstić information content (AvgIpc) is 3.38. The first kappa shape index (κ1) is 27.0. The molecule has 0 radical (unpaired) electrons. The summed E-state index contributed by atoms with van der Waals surface area (Å²) in [4.78, 5) is 15.9. The van der Waals surface area contributed by atoms with E-state index in [2.05, 4.69) is 56.7 Å². The smallest absolute Gasteiger partial charge is 0.234 e. The molecule has 3 aromatic carbocycles. The number of rotatable bonds is 7. The second-order valence-electron chi connectivity index (χ2n) is 10.1. The molecule has 2 aliphatic heterocycles. The number of nitrogens with one attached hydrogen (secondary N) is 1. The third kappa shape index (κ3) is 5.65. The van der Waals surface area contributed by atoms with Gasteiger partial charge in [0.2, 0.25) is 5.91 Å². The standard InChI is InChI=1S/C32H30BrIN4O2/c33-26-21-36-38-29(19-27(34-31(26)38)25-13-7-8-14-28(25)39)35-20-22-15-17-37(18-16-22)32(40)30(23-9-3-1-4-10-23)24-11-5-2-6-12-24/h1-14,19,21-22,30,35,39H,15-18,20H2. The highest BCUT2D eigenvalue weighted by molar-refractivity contribution is 14.2. The van der Waals surface area contributed by atoms with E-state index in [0.717, 1.165) is 66.7 Å². The topological polar surface area (TPSA) is 70.4 Å². The summed E-state index contributed by atoms with van der Waals surface area (Å²) in [5, 5.41) is 18.7. The van der Waals surface area contributed by atoms with Crippen molar-refractivity contribution in [2.45, 2.75) is 18.8 Å². The SMILES string of the molecule is O=C(C(c1ccccc1)c1ccccc1)N1CCC(CNC2=CC(c3ccccc3O)=Ic3c(Br)cnn32)CC1. The zero-order valence-corrected chi connectivity index (χ0v) is 25.6. The van der Waals surface area contributed by atoms with E-state index < -0.39 is 20.7 Å². The Morgan fingerprint density at radius 2 is 1.60 bits per heavy atom. The van der Waals surface area contributed by atoms with Crippen LogP contribution in [0.1, 0.15) is 35.4 Å². The highest BCUT2D eigenvalue weighted by Crippen LogP contribution is 2.34. The molecule has 0 saturated carbocycles. The van der Waals surface area contributed by atoms with Crippen LogP contribution in [0, 0.1) is 9.62 Å². The van der Waals surface area contributed by atoms with E-state index in [1.165, 1.54) is 0 Å². The van der Waals surface area contributed by atoms with Gasteiger partial charge < -0.3 is 15.3 Å². The molecule has 0 unspecified atom stereocenters. The Kier molecular flexibility index (Phi) is 8.15. The number of halogens is 2. The number of para-hydroxylation sites is 1. The maximum absolute atomic E-state index is 13.8. The van der Waals surface area contributed by atoms with Crippen LogP contribution in [0.4, 0.5) is 0 Å². The number of benzene rings is 3. The van der Waals surface area contributed by atoms with Crippen molar-refractivity contribution in [1.82, 2.24) is 20.0 Å². The Bertz CT molecular complexity index is 1520. The minimum absolute atomic E-state index is 0.177. The monoisotopic (exact) mass is 708 g/mol. The lowest BCUT2D eigenvalue weighted by Gasteiger charge is -2.35. The Hall–Kier alpha value is -3.24. The first-order valence-corrected chi connectivity index (χ1v) is 16.4. The van der Waals surface area contributed by atoms with Gasteiger partial charge in [-0.3, -0.25) is 4.79 Å². The number of fused-ring (bicyclic) bond motifs is 1. The summed E-state index contributed by atoms with van der Waals surface area (Å²) in [6, 6.07) is 27.7. The second-order valence-corrected chi connectivity index (χ2v) is 13.7. The largest absolute Gasteiger partial charge is 0.507 e. The molecular formula is C32H30BrIN4O2. The van der Waals surface area contributed by atoms with E-state index in [9.17, 15) is 9.90 Å². The van der Waals surface area contributed by atoms with Gasteiger partial charge in [0.1, 0.15) is 15.3 Å². The van der Waals surface area contributed by atoms with Crippen molar-refractivity contribution in [3.8, 4) is 5.75 Å². The molecule has 4 aromatic rings. The predicted molar refractivity (Wildman–Crippen MR) is 171 cm³/mol. The molecule has 1 fully saturated rings. The van der Waals surface area contributed by atoms with Crippen LogP contribution >= 0.6 is 36.7 Å². The van der Waals surface area contributed by atoms with E-state index in [4.69, 9.17) is 0 Å². The minimum atomic E-state index is -0.514. The molecule has 0 atom stereocenters. The number of phenols is 1. The van der Waals surface area contributed by atoms with Gasteiger partial charge in [-0.1, -0.05) is 99.6 Å². The molecular weight excluding hydrogens is 679 g/mol. The van der Waals surface area contributed by atoms with Crippen molar-refractivity contribution >= 4 is 51.9 Å². The van der Waals surface area contributed by atoms with E-state index in [1.807, 2.05) is 70.4 Å². The van der Waals surface area contributed by atoms with Gasteiger partial charge in [0.25, 0.3) is 0 Å². The van der Waals surface area contributed by atoms with Gasteiger partial charge in [-0.25, -0.2) is 4.68 Å². The van der Waals surface area contributed by atoms with E-state index in [0.29, 0.717) is 11.7 Å². The normalized spacial score (nSPS) is 15.6. The highest BCUT2D eigenvalue weighted by atomic mass is 127.